The molecule has 0 heterocycles. The third-order valence-corrected chi connectivity index (χ3v) is 1.99. The normalized spacial score (nSPS) is 12.7. The van der Waals surface area contributed by atoms with Crippen LogP contribution in [-0.2, 0) is 4.79 Å². The first-order chi connectivity index (χ1) is 5.86. The Balaban J connectivity index is 4.42. The van der Waals surface area contributed by atoms with Gasteiger partial charge in [-0.1, -0.05) is 13.8 Å². The van der Waals surface area contributed by atoms with E-state index in [9.17, 15) is 9.59 Å². The smallest absolute Gasteiger partial charge is 0.326 e. The fraction of sp³-hybridized carbons (Fsp3) is 0.750. The maximum absolute atomic E-state index is 10.7. The number of hydrogen-bond acceptors (Lipinski definition) is 2. The van der Waals surface area contributed by atoms with Crippen LogP contribution < -0.4 is 0 Å². The van der Waals surface area contributed by atoms with Crippen LogP contribution in [0.25, 0.3) is 0 Å². The van der Waals surface area contributed by atoms with Crippen molar-refractivity contribution in [1.82, 2.24) is 4.90 Å². The lowest BCUT2D eigenvalue weighted by molar-refractivity contribution is -0.142. The zero-order valence-electron chi connectivity index (χ0n) is 7.95. The number of rotatable bonds is 4. The molecule has 76 valence electrons. The summed E-state index contributed by atoms with van der Waals surface area (Å²) in [6.45, 7) is 3.78. The molecule has 13 heavy (non-hydrogen) atoms. The molecule has 0 spiro atoms. The Morgan fingerprint density at radius 1 is 1.46 bits per heavy atom. The molecule has 0 saturated carbocycles. The number of nitrogens with zero attached hydrogens (tertiary/aromatic N) is 1. The van der Waals surface area contributed by atoms with Gasteiger partial charge in [0.15, 0.2) is 0 Å². The molecule has 0 bridgehead atoms. The average Bonchev–Trinajstić information content (AvgIpc) is 1.97. The van der Waals surface area contributed by atoms with Gasteiger partial charge in [-0.05, 0) is 23.9 Å². The Morgan fingerprint density at radius 2 is 1.92 bits per heavy atom. The summed E-state index contributed by atoms with van der Waals surface area (Å²) in [7, 11) is 1.39. The number of aliphatic carboxylic acids is 1. The highest BCUT2D eigenvalue weighted by Crippen LogP contribution is 2.12. The quantitative estimate of drug-likeness (QED) is 0.565. The molecule has 0 saturated heterocycles. The molecule has 0 aromatic heterocycles. The molecule has 0 unspecified atom stereocenters. The summed E-state index contributed by atoms with van der Waals surface area (Å²) in [6.07, 6.45) is 0.407. The molecule has 0 aliphatic rings. The highest BCUT2D eigenvalue weighted by Gasteiger charge is 2.26. The molecule has 0 aromatic carbocycles. The molecule has 0 rings (SSSR count). The molecule has 1 amide bonds. The van der Waals surface area contributed by atoms with Crippen molar-refractivity contribution in [2.75, 3.05) is 7.05 Å². The predicted octanol–water partition coefficient (Wildman–Crippen LogP) is 1.78. The predicted molar refractivity (Wildman–Crippen MR) is 49.9 cm³/mol. The van der Waals surface area contributed by atoms with E-state index < -0.39 is 17.4 Å². The summed E-state index contributed by atoms with van der Waals surface area (Å²) in [4.78, 5) is 22.5. The largest absolute Gasteiger partial charge is 0.480 e. The van der Waals surface area contributed by atoms with Crippen molar-refractivity contribution in [3.63, 3.8) is 0 Å². The zero-order valence-corrected chi connectivity index (χ0v) is 8.71. The topological polar surface area (TPSA) is 57.6 Å². The summed E-state index contributed by atoms with van der Waals surface area (Å²) < 4.78 is 0. The van der Waals surface area contributed by atoms with Gasteiger partial charge in [-0.2, -0.15) is 0 Å². The number of carboxylic acid groups (broad SMARTS) is 1. The summed E-state index contributed by atoms with van der Waals surface area (Å²) >= 11 is 5.17. The van der Waals surface area contributed by atoms with Gasteiger partial charge in [-0.25, -0.2) is 4.79 Å². The summed E-state index contributed by atoms with van der Waals surface area (Å²) in [5.74, 6) is -0.815. The zero-order chi connectivity index (χ0) is 10.6. The van der Waals surface area contributed by atoms with Gasteiger partial charge in [0.1, 0.15) is 6.04 Å². The number of hydrogen-bond donors (Lipinski definition) is 1. The molecule has 1 atom stereocenters. The van der Waals surface area contributed by atoms with E-state index in [1.165, 1.54) is 7.05 Å². The average molecular weight is 208 g/mol. The van der Waals surface area contributed by atoms with Crippen molar-refractivity contribution < 1.29 is 14.7 Å². The van der Waals surface area contributed by atoms with Crippen LogP contribution in [-0.4, -0.2) is 34.4 Å². The second kappa shape index (κ2) is 5.07. The lowest BCUT2D eigenvalue weighted by Gasteiger charge is -2.23. The third-order valence-electron chi connectivity index (χ3n) is 1.72. The van der Waals surface area contributed by atoms with Crippen molar-refractivity contribution in [3.05, 3.63) is 0 Å². The monoisotopic (exact) mass is 207 g/mol. The van der Waals surface area contributed by atoms with Crippen LogP contribution in [0.1, 0.15) is 20.3 Å². The number of likely N-dealkylation sites (N-methyl/N-ethyl adjacent to an activating group) is 1. The van der Waals surface area contributed by atoms with Gasteiger partial charge in [0.25, 0.3) is 0 Å². The van der Waals surface area contributed by atoms with Crippen molar-refractivity contribution in [3.8, 4) is 0 Å². The van der Waals surface area contributed by atoms with E-state index in [-0.39, 0.29) is 5.92 Å². The molecule has 1 N–H and O–H groups in total. The van der Waals surface area contributed by atoms with Crippen molar-refractivity contribution >= 4 is 22.9 Å². The maximum atomic E-state index is 10.7. The minimum absolute atomic E-state index is 0.208. The molecule has 0 aromatic rings. The van der Waals surface area contributed by atoms with Crippen LogP contribution >= 0.6 is 11.6 Å². The van der Waals surface area contributed by atoms with Crippen LogP contribution in [0.15, 0.2) is 0 Å². The molecule has 0 aliphatic heterocycles. The van der Waals surface area contributed by atoms with Crippen molar-refractivity contribution in [1.29, 1.82) is 0 Å². The highest BCUT2D eigenvalue weighted by atomic mass is 35.5. The van der Waals surface area contributed by atoms with Gasteiger partial charge < -0.3 is 10.0 Å². The van der Waals surface area contributed by atoms with Crippen LogP contribution in [0, 0.1) is 5.92 Å². The third kappa shape index (κ3) is 4.12. The van der Waals surface area contributed by atoms with E-state index in [2.05, 4.69) is 0 Å². The Morgan fingerprint density at radius 3 is 2.15 bits per heavy atom. The first-order valence-electron chi connectivity index (χ1n) is 4.01. The number of carbonyl (C=O) groups excluding carboxylic acids is 1. The van der Waals surface area contributed by atoms with Gasteiger partial charge in [-0.3, -0.25) is 4.79 Å². The summed E-state index contributed by atoms with van der Waals surface area (Å²) in [5.41, 5.74) is 0. The summed E-state index contributed by atoms with van der Waals surface area (Å²) in [6, 6.07) is -0.829. The molecule has 5 heteroatoms. The molecule has 0 aliphatic carbocycles. The van der Waals surface area contributed by atoms with E-state index in [0.717, 1.165) is 4.90 Å². The molecule has 4 nitrogen and oxygen atoms in total. The van der Waals surface area contributed by atoms with Gasteiger partial charge in [0.05, 0.1) is 0 Å². The number of amides is 1. The van der Waals surface area contributed by atoms with Gasteiger partial charge >= 0.3 is 11.3 Å². The van der Waals surface area contributed by atoms with Gasteiger partial charge in [-0.15, -0.1) is 0 Å². The van der Waals surface area contributed by atoms with E-state index >= 15 is 0 Å². The summed E-state index contributed by atoms with van der Waals surface area (Å²) in [5, 5.41) is 8.05. The number of carboxylic acids is 1. The second-order valence-corrected chi connectivity index (χ2v) is 3.67. The molecule has 0 fully saturated rings. The van der Waals surface area contributed by atoms with Crippen LogP contribution in [0.2, 0.25) is 0 Å². The molecular weight excluding hydrogens is 194 g/mol. The number of carbonyl (C=O) groups is 2. The van der Waals surface area contributed by atoms with E-state index in [1.807, 2.05) is 13.8 Å². The Labute approximate surface area is 82.5 Å². The standard InChI is InChI=1S/C8H14ClNO3/c1-5(2)4-6(7(11)12)10(3)8(9)13/h5-6H,4H2,1-3H3,(H,11,12)/t6-/m0/s1. The fourth-order valence-electron chi connectivity index (χ4n) is 0.994. The van der Waals surface area contributed by atoms with Gasteiger partial charge in [0.2, 0.25) is 0 Å². The highest BCUT2D eigenvalue weighted by molar-refractivity contribution is 6.62. The van der Waals surface area contributed by atoms with Crippen molar-refractivity contribution in [2.24, 2.45) is 5.92 Å². The van der Waals surface area contributed by atoms with Crippen LogP contribution in [0.4, 0.5) is 4.79 Å². The Hall–Kier alpha value is -0.770. The fourth-order valence-corrected chi connectivity index (χ4v) is 1.11. The number of halogens is 1. The van der Waals surface area contributed by atoms with Crippen LogP contribution in [0.5, 0.6) is 0 Å². The Kier molecular flexibility index (Phi) is 4.77. The molecular formula is C8H14ClNO3. The minimum Gasteiger partial charge on any atom is -0.480 e. The maximum Gasteiger partial charge on any atom is 0.326 e. The lowest BCUT2D eigenvalue weighted by atomic mass is 10.0. The lowest BCUT2D eigenvalue weighted by Crippen LogP contribution is -2.40. The van der Waals surface area contributed by atoms with E-state index in [1.54, 1.807) is 0 Å². The van der Waals surface area contributed by atoms with Crippen LogP contribution in [0.3, 0.4) is 0 Å². The Bertz CT molecular complexity index is 206. The van der Waals surface area contributed by atoms with Gasteiger partial charge in [0, 0.05) is 7.05 Å². The van der Waals surface area contributed by atoms with E-state index in [0.29, 0.717) is 6.42 Å². The second-order valence-electron chi connectivity index (χ2n) is 3.35. The minimum atomic E-state index is -1.02. The van der Waals surface area contributed by atoms with Crippen molar-refractivity contribution in [2.45, 2.75) is 26.3 Å². The first kappa shape index (κ1) is 12.2. The van der Waals surface area contributed by atoms with E-state index in [4.69, 9.17) is 16.7 Å². The molecule has 0 radical (unpaired) electrons. The SMILES string of the molecule is CC(C)C[C@@H](C(=O)O)N(C)C(=O)Cl. The first-order valence-corrected chi connectivity index (χ1v) is 4.39.